The molecule has 0 saturated carbocycles. The van der Waals surface area contributed by atoms with E-state index in [1.165, 1.54) is 21.2 Å². The van der Waals surface area contributed by atoms with Crippen LogP contribution < -0.4 is 0 Å². The zero-order chi connectivity index (χ0) is 10.1. The van der Waals surface area contributed by atoms with Crippen molar-refractivity contribution >= 4 is 21.4 Å². The molecule has 0 saturated heterocycles. The van der Waals surface area contributed by atoms with Crippen LogP contribution in [0.3, 0.4) is 0 Å². The molecule has 2 aromatic rings. The van der Waals surface area contributed by atoms with Gasteiger partial charge in [-0.3, -0.25) is 0 Å². The molecule has 0 atom stereocenters. The van der Waals surface area contributed by atoms with E-state index >= 15 is 0 Å². The Balaban J connectivity index is 2.50. The lowest BCUT2D eigenvalue weighted by molar-refractivity contribution is 0.404. The largest absolute Gasteiger partial charge is 0.305 e. The fourth-order valence-corrected chi connectivity index (χ4v) is 2.59. The van der Waals surface area contributed by atoms with Crippen LogP contribution in [0.25, 0.3) is 10.1 Å². The van der Waals surface area contributed by atoms with E-state index in [9.17, 15) is 0 Å². The normalized spacial score (nSPS) is 11.4. The van der Waals surface area contributed by atoms with E-state index in [2.05, 4.69) is 49.5 Å². The molecule has 1 nitrogen and oxygen atoms in total. The quantitative estimate of drug-likeness (QED) is 0.727. The molecule has 2 heteroatoms. The molecular weight excluding hydrogens is 190 g/mol. The Morgan fingerprint density at radius 1 is 1.29 bits per heavy atom. The second-order valence-corrected chi connectivity index (χ2v) is 4.91. The van der Waals surface area contributed by atoms with Gasteiger partial charge in [-0.1, -0.05) is 17.7 Å². The molecule has 1 heterocycles. The summed E-state index contributed by atoms with van der Waals surface area (Å²) in [5.41, 5.74) is 2.79. The van der Waals surface area contributed by atoms with E-state index < -0.39 is 0 Å². The number of benzene rings is 1. The van der Waals surface area contributed by atoms with Crippen LogP contribution in [-0.4, -0.2) is 19.0 Å². The molecule has 0 bridgehead atoms. The Bertz CT molecular complexity index is 443. The summed E-state index contributed by atoms with van der Waals surface area (Å²) in [6, 6.07) is 6.68. The molecule has 0 aliphatic rings. The van der Waals surface area contributed by atoms with Gasteiger partial charge in [-0.25, -0.2) is 0 Å². The summed E-state index contributed by atoms with van der Waals surface area (Å²) in [7, 11) is 4.22. The summed E-state index contributed by atoms with van der Waals surface area (Å²) in [6.45, 7) is 3.18. The van der Waals surface area contributed by atoms with Crippen molar-refractivity contribution in [3.8, 4) is 0 Å². The molecule has 74 valence electrons. The van der Waals surface area contributed by atoms with E-state index in [0.29, 0.717) is 0 Å². The minimum absolute atomic E-state index is 1.03. The van der Waals surface area contributed by atoms with E-state index in [4.69, 9.17) is 0 Å². The van der Waals surface area contributed by atoms with Crippen LogP contribution in [0.2, 0.25) is 0 Å². The SMILES string of the molecule is Cc1ccc2scc(CN(C)C)c2c1. The van der Waals surface area contributed by atoms with Gasteiger partial charge in [0.15, 0.2) is 0 Å². The third-order valence-electron chi connectivity index (χ3n) is 2.30. The Labute approximate surface area is 89.0 Å². The standard InChI is InChI=1S/C12H15NS/c1-9-4-5-12-11(6-9)10(8-14-12)7-13(2)3/h4-6,8H,7H2,1-3H3. The summed E-state index contributed by atoms with van der Waals surface area (Å²) >= 11 is 1.84. The van der Waals surface area contributed by atoms with E-state index in [1.54, 1.807) is 0 Å². The first-order valence-electron chi connectivity index (χ1n) is 4.78. The van der Waals surface area contributed by atoms with Gasteiger partial charge in [0.2, 0.25) is 0 Å². The van der Waals surface area contributed by atoms with Crippen molar-refractivity contribution in [1.29, 1.82) is 0 Å². The Morgan fingerprint density at radius 3 is 2.79 bits per heavy atom. The Morgan fingerprint density at radius 2 is 2.07 bits per heavy atom. The third kappa shape index (κ3) is 1.81. The smallest absolute Gasteiger partial charge is 0.0346 e. The predicted molar refractivity (Wildman–Crippen MR) is 64.0 cm³/mol. The summed E-state index contributed by atoms with van der Waals surface area (Å²) in [5.74, 6) is 0. The first-order valence-corrected chi connectivity index (χ1v) is 5.66. The molecule has 0 aliphatic heterocycles. The second-order valence-electron chi connectivity index (χ2n) is 4.00. The lowest BCUT2D eigenvalue weighted by atomic mass is 10.1. The van der Waals surface area contributed by atoms with E-state index in [-0.39, 0.29) is 0 Å². The first kappa shape index (κ1) is 9.69. The van der Waals surface area contributed by atoms with Crippen LogP contribution >= 0.6 is 11.3 Å². The minimum atomic E-state index is 1.03. The maximum absolute atomic E-state index is 2.28. The highest BCUT2D eigenvalue weighted by Gasteiger charge is 2.04. The molecule has 14 heavy (non-hydrogen) atoms. The molecule has 0 spiro atoms. The van der Waals surface area contributed by atoms with Crippen LogP contribution in [-0.2, 0) is 6.54 Å². The van der Waals surface area contributed by atoms with Crippen LogP contribution in [0.1, 0.15) is 11.1 Å². The predicted octanol–water partition coefficient (Wildman–Crippen LogP) is 3.27. The van der Waals surface area contributed by atoms with Gasteiger partial charge >= 0.3 is 0 Å². The average molecular weight is 205 g/mol. The van der Waals surface area contributed by atoms with Crippen molar-refractivity contribution in [1.82, 2.24) is 4.90 Å². The highest BCUT2D eigenvalue weighted by molar-refractivity contribution is 7.17. The average Bonchev–Trinajstić information content (AvgIpc) is 2.47. The highest BCUT2D eigenvalue weighted by Crippen LogP contribution is 2.27. The topological polar surface area (TPSA) is 3.24 Å². The van der Waals surface area contributed by atoms with Gasteiger partial charge in [0, 0.05) is 11.2 Å². The summed E-state index contributed by atoms with van der Waals surface area (Å²) in [4.78, 5) is 2.21. The second kappa shape index (κ2) is 3.71. The fraction of sp³-hybridized carbons (Fsp3) is 0.333. The molecule has 0 aliphatic carbocycles. The van der Waals surface area contributed by atoms with Crippen LogP contribution in [0.15, 0.2) is 23.6 Å². The number of fused-ring (bicyclic) bond motifs is 1. The van der Waals surface area contributed by atoms with Gasteiger partial charge in [-0.05, 0) is 43.4 Å². The van der Waals surface area contributed by atoms with Crippen LogP contribution in [0.5, 0.6) is 0 Å². The van der Waals surface area contributed by atoms with Crippen molar-refractivity contribution in [2.75, 3.05) is 14.1 Å². The van der Waals surface area contributed by atoms with Gasteiger partial charge in [0.1, 0.15) is 0 Å². The summed E-state index contributed by atoms with van der Waals surface area (Å²) < 4.78 is 1.40. The monoisotopic (exact) mass is 205 g/mol. The van der Waals surface area contributed by atoms with Crippen LogP contribution in [0, 0.1) is 6.92 Å². The van der Waals surface area contributed by atoms with E-state index in [0.717, 1.165) is 6.54 Å². The number of hydrogen-bond donors (Lipinski definition) is 0. The van der Waals surface area contributed by atoms with Gasteiger partial charge in [0.05, 0.1) is 0 Å². The van der Waals surface area contributed by atoms with E-state index in [1.807, 2.05) is 11.3 Å². The highest BCUT2D eigenvalue weighted by atomic mass is 32.1. The number of hydrogen-bond acceptors (Lipinski definition) is 2. The minimum Gasteiger partial charge on any atom is -0.305 e. The zero-order valence-corrected chi connectivity index (χ0v) is 9.69. The van der Waals surface area contributed by atoms with Gasteiger partial charge in [0.25, 0.3) is 0 Å². The van der Waals surface area contributed by atoms with Crippen molar-refractivity contribution in [2.24, 2.45) is 0 Å². The molecule has 1 aromatic heterocycles. The zero-order valence-electron chi connectivity index (χ0n) is 8.87. The number of aryl methyl sites for hydroxylation is 1. The lowest BCUT2D eigenvalue weighted by Gasteiger charge is -2.08. The molecular formula is C12H15NS. The molecule has 0 unspecified atom stereocenters. The maximum Gasteiger partial charge on any atom is 0.0346 e. The third-order valence-corrected chi connectivity index (χ3v) is 3.31. The fourth-order valence-electron chi connectivity index (χ4n) is 1.66. The molecule has 0 N–H and O–H groups in total. The van der Waals surface area contributed by atoms with Gasteiger partial charge in [-0.15, -0.1) is 11.3 Å². The van der Waals surface area contributed by atoms with Crippen LogP contribution in [0.4, 0.5) is 0 Å². The molecule has 0 amide bonds. The molecule has 0 fully saturated rings. The van der Waals surface area contributed by atoms with Gasteiger partial charge in [-0.2, -0.15) is 0 Å². The first-order chi connectivity index (χ1) is 6.66. The molecule has 1 aromatic carbocycles. The molecule has 2 rings (SSSR count). The Hall–Kier alpha value is -0.860. The molecule has 0 radical (unpaired) electrons. The van der Waals surface area contributed by atoms with Gasteiger partial charge < -0.3 is 4.90 Å². The number of rotatable bonds is 2. The van der Waals surface area contributed by atoms with Crippen molar-refractivity contribution < 1.29 is 0 Å². The van der Waals surface area contributed by atoms with Crippen molar-refractivity contribution in [3.05, 3.63) is 34.7 Å². The number of nitrogens with zero attached hydrogens (tertiary/aromatic N) is 1. The maximum atomic E-state index is 2.28. The lowest BCUT2D eigenvalue weighted by Crippen LogP contribution is -2.09. The Kier molecular flexibility index (Phi) is 2.57. The van der Waals surface area contributed by atoms with Crippen molar-refractivity contribution in [2.45, 2.75) is 13.5 Å². The van der Waals surface area contributed by atoms with Crippen molar-refractivity contribution in [3.63, 3.8) is 0 Å². The number of thiophene rings is 1. The summed E-state index contributed by atoms with van der Waals surface area (Å²) in [5, 5.41) is 3.69. The summed E-state index contributed by atoms with van der Waals surface area (Å²) in [6.07, 6.45) is 0.